The van der Waals surface area contributed by atoms with Crippen molar-refractivity contribution in [2.75, 3.05) is 7.11 Å². The van der Waals surface area contributed by atoms with Crippen molar-refractivity contribution in [3.05, 3.63) is 41.6 Å². The topological polar surface area (TPSA) is 117 Å². The van der Waals surface area contributed by atoms with Crippen LogP contribution in [0.2, 0.25) is 0 Å². The Morgan fingerprint density at radius 2 is 1.74 bits per heavy atom. The maximum absolute atomic E-state index is 12.1. The number of phenols is 2. The van der Waals surface area contributed by atoms with Crippen molar-refractivity contribution in [2.45, 2.75) is 0 Å². The van der Waals surface area contributed by atoms with E-state index < -0.39 is 29.1 Å². The Morgan fingerprint density at radius 1 is 1.09 bits per heavy atom. The number of aromatic nitrogens is 1. The van der Waals surface area contributed by atoms with Crippen molar-refractivity contribution < 1.29 is 29.6 Å². The summed E-state index contributed by atoms with van der Waals surface area (Å²) in [7, 11) is 1.16. The molecule has 2 aromatic carbocycles. The lowest BCUT2D eigenvalue weighted by Gasteiger charge is -2.12. The van der Waals surface area contributed by atoms with E-state index in [0.717, 1.165) is 13.2 Å². The van der Waals surface area contributed by atoms with E-state index in [9.17, 15) is 19.8 Å². The highest BCUT2D eigenvalue weighted by Gasteiger charge is 2.23. The highest BCUT2D eigenvalue weighted by atomic mass is 16.5. The molecular formula is C16H11NO6. The number of phenolic OH excluding ortho intramolecular Hbond substituents is 2. The zero-order valence-corrected chi connectivity index (χ0v) is 11.9. The lowest BCUT2D eigenvalue weighted by molar-refractivity contribution is 0.0603. The fourth-order valence-electron chi connectivity index (χ4n) is 2.52. The van der Waals surface area contributed by atoms with Gasteiger partial charge in [-0.05, 0) is 11.5 Å². The number of fused-ring (bicyclic) bond motifs is 3. The molecule has 0 atom stereocenters. The molecule has 3 rings (SSSR count). The summed E-state index contributed by atoms with van der Waals surface area (Å²) in [6.07, 6.45) is 0. The van der Waals surface area contributed by atoms with Gasteiger partial charge >= 0.3 is 11.9 Å². The summed E-state index contributed by atoms with van der Waals surface area (Å²) in [6.45, 7) is 0. The van der Waals surface area contributed by atoms with E-state index in [-0.39, 0.29) is 16.5 Å². The smallest absolute Gasteiger partial charge is 0.354 e. The van der Waals surface area contributed by atoms with Crippen molar-refractivity contribution in [2.24, 2.45) is 0 Å². The number of ether oxygens (including phenoxy) is 1. The molecule has 7 nitrogen and oxygen atoms in total. The molecule has 0 amide bonds. The van der Waals surface area contributed by atoms with Crippen molar-refractivity contribution >= 4 is 33.6 Å². The maximum Gasteiger partial charge on any atom is 0.354 e. The van der Waals surface area contributed by atoms with Gasteiger partial charge in [0.15, 0.2) is 11.5 Å². The Labute approximate surface area is 129 Å². The van der Waals surface area contributed by atoms with Crippen LogP contribution >= 0.6 is 0 Å². The second-order valence-corrected chi connectivity index (χ2v) is 4.82. The summed E-state index contributed by atoms with van der Waals surface area (Å²) >= 11 is 0. The lowest BCUT2D eigenvalue weighted by atomic mass is 9.98. The summed E-state index contributed by atoms with van der Waals surface area (Å²) in [4.78, 5) is 27.1. The first kappa shape index (κ1) is 14.6. The van der Waals surface area contributed by atoms with Gasteiger partial charge in [-0.15, -0.1) is 0 Å². The molecule has 7 heteroatoms. The van der Waals surface area contributed by atoms with Crippen LogP contribution in [0.1, 0.15) is 20.8 Å². The Balaban J connectivity index is 2.62. The first-order valence-corrected chi connectivity index (χ1v) is 6.54. The number of aromatic carboxylic acids is 1. The van der Waals surface area contributed by atoms with Crippen LogP contribution in [0.3, 0.4) is 0 Å². The number of carboxylic acid groups (broad SMARTS) is 1. The van der Waals surface area contributed by atoms with E-state index in [1.54, 1.807) is 24.3 Å². The lowest BCUT2D eigenvalue weighted by Crippen LogP contribution is -2.08. The molecule has 116 valence electrons. The summed E-state index contributed by atoms with van der Waals surface area (Å²) in [5.41, 5.74) is -0.675. The molecule has 1 heterocycles. The molecule has 0 aliphatic heterocycles. The minimum Gasteiger partial charge on any atom is -0.504 e. The fourth-order valence-corrected chi connectivity index (χ4v) is 2.52. The zero-order valence-electron chi connectivity index (χ0n) is 11.9. The molecule has 0 radical (unpaired) electrons. The van der Waals surface area contributed by atoms with Gasteiger partial charge in [0.2, 0.25) is 0 Å². The van der Waals surface area contributed by atoms with Gasteiger partial charge < -0.3 is 20.1 Å². The average Bonchev–Trinajstić information content (AvgIpc) is 2.57. The molecule has 0 fully saturated rings. The van der Waals surface area contributed by atoms with Crippen LogP contribution in [0.4, 0.5) is 0 Å². The van der Waals surface area contributed by atoms with Gasteiger partial charge in [0.25, 0.3) is 0 Å². The number of rotatable bonds is 2. The number of carbonyl (C=O) groups excluding carboxylic acids is 1. The van der Waals surface area contributed by atoms with Crippen LogP contribution in [0.15, 0.2) is 30.3 Å². The zero-order chi connectivity index (χ0) is 16.7. The minimum atomic E-state index is -1.37. The minimum absolute atomic E-state index is 0.0543. The van der Waals surface area contributed by atoms with Crippen LogP contribution in [-0.2, 0) is 4.74 Å². The largest absolute Gasteiger partial charge is 0.504 e. The summed E-state index contributed by atoms with van der Waals surface area (Å²) in [6, 6.07) is 7.62. The number of hydrogen-bond donors (Lipinski definition) is 3. The number of hydrogen-bond acceptors (Lipinski definition) is 6. The second kappa shape index (κ2) is 5.13. The predicted molar refractivity (Wildman–Crippen MR) is 80.9 cm³/mol. The quantitative estimate of drug-likeness (QED) is 0.377. The SMILES string of the molecule is COC(=O)c1cc(C(=O)O)nc2c(O)c(O)c3ccccc3c12. The third kappa shape index (κ3) is 2.10. The molecular weight excluding hydrogens is 302 g/mol. The molecule has 0 saturated heterocycles. The number of nitrogens with zero attached hydrogens (tertiary/aromatic N) is 1. The van der Waals surface area contributed by atoms with Crippen LogP contribution in [0.25, 0.3) is 21.7 Å². The molecule has 1 aromatic heterocycles. The highest BCUT2D eigenvalue weighted by molar-refractivity contribution is 6.20. The second-order valence-electron chi connectivity index (χ2n) is 4.82. The summed E-state index contributed by atoms with van der Waals surface area (Å²) < 4.78 is 4.69. The van der Waals surface area contributed by atoms with Crippen molar-refractivity contribution in [3.8, 4) is 11.5 Å². The molecule has 0 unspecified atom stereocenters. The molecule has 23 heavy (non-hydrogen) atoms. The first-order chi connectivity index (χ1) is 11.0. The van der Waals surface area contributed by atoms with E-state index in [4.69, 9.17) is 9.84 Å². The van der Waals surface area contributed by atoms with Gasteiger partial charge in [-0.3, -0.25) is 0 Å². The summed E-state index contributed by atoms with van der Waals surface area (Å²) in [5, 5.41) is 30.4. The van der Waals surface area contributed by atoms with Crippen LogP contribution in [0, 0.1) is 0 Å². The molecule has 3 N–H and O–H groups in total. The van der Waals surface area contributed by atoms with Gasteiger partial charge in [-0.1, -0.05) is 24.3 Å². The van der Waals surface area contributed by atoms with Gasteiger partial charge in [-0.25, -0.2) is 14.6 Å². The Morgan fingerprint density at radius 3 is 2.35 bits per heavy atom. The number of benzene rings is 2. The van der Waals surface area contributed by atoms with Crippen LogP contribution < -0.4 is 0 Å². The Bertz CT molecular complexity index is 979. The monoisotopic (exact) mass is 313 g/mol. The number of pyridine rings is 1. The van der Waals surface area contributed by atoms with Gasteiger partial charge in [-0.2, -0.15) is 0 Å². The van der Waals surface area contributed by atoms with Gasteiger partial charge in [0, 0.05) is 10.8 Å². The molecule has 0 aliphatic carbocycles. The Hall–Kier alpha value is -3.35. The fraction of sp³-hybridized carbons (Fsp3) is 0.0625. The van der Waals surface area contributed by atoms with Crippen molar-refractivity contribution in [3.63, 3.8) is 0 Å². The normalized spacial score (nSPS) is 10.8. The van der Waals surface area contributed by atoms with Gasteiger partial charge in [0.05, 0.1) is 12.7 Å². The highest BCUT2D eigenvalue weighted by Crippen LogP contribution is 2.42. The first-order valence-electron chi connectivity index (χ1n) is 6.54. The number of carbonyl (C=O) groups is 2. The standard InChI is InChI=1S/C16H11NO6/c1-23-16(22)9-6-10(15(20)21)17-12-11(9)7-4-2-3-5-8(7)13(18)14(12)19/h2-6,18-19H,1H3,(H,20,21). The van der Waals surface area contributed by atoms with Crippen LogP contribution in [0.5, 0.6) is 11.5 Å². The van der Waals surface area contributed by atoms with E-state index in [0.29, 0.717) is 10.8 Å². The number of aromatic hydroxyl groups is 2. The molecule has 3 aromatic rings. The van der Waals surface area contributed by atoms with E-state index in [1.165, 1.54) is 0 Å². The number of carboxylic acids is 1. The van der Waals surface area contributed by atoms with Crippen LogP contribution in [-0.4, -0.2) is 39.4 Å². The molecule has 0 saturated carbocycles. The van der Waals surface area contributed by atoms with E-state index in [1.807, 2.05) is 0 Å². The predicted octanol–water partition coefficient (Wildman–Crippen LogP) is 2.28. The summed E-state index contributed by atoms with van der Waals surface area (Å²) in [5.74, 6) is -3.16. The van der Waals surface area contributed by atoms with E-state index in [2.05, 4.69) is 4.98 Å². The van der Waals surface area contributed by atoms with Gasteiger partial charge in [0.1, 0.15) is 11.2 Å². The van der Waals surface area contributed by atoms with Crippen molar-refractivity contribution in [1.29, 1.82) is 0 Å². The molecule has 0 aliphatic rings. The Kier molecular flexibility index (Phi) is 3.25. The molecule has 0 spiro atoms. The number of methoxy groups -OCH3 is 1. The maximum atomic E-state index is 12.1. The molecule has 0 bridgehead atoms. The third-order valence-electron chi connectivity index (χ3n) is 3.54. The van der Waals surface area contributed by atoms with Crippen molar-refractivity contribution in [1.82, 2.24) is 4.98 Å². The average molecular weight is 313 g/mol. The van der Waals surface area contributed by atoms with E-state index >= 15 is 0 Å². The third-order valence-corrected chi connectivity index (χ3v) is 3.54. The number of esters is 1.